The first-order chi connectivity index (χ1) is 19.6. The van der Waals surface area contributed by atoms with Gasteiger partial charge in [-0.25, -0.2) is 4.79 Å². The van der Waals surface area contributed by atoms with E-state index in [-0.39, 0.29) is 24.5 Å². The van der Waals surface area contributed by atoms with Crippen molar-refractivity contribution in [3.63, 3.8) is 0 Å². The van der Waals surface area contributed by atoms with E-state index in [1.54, 1.807) is 24.5 Å². The van der Waals surface area contributed by atoms with Crippen molar-refractivity contribution in [2.45, 2.75) is 51.7 Å². The second-order valence-electron chi connectivity index (χ2n) is 10.6. The molecule has 2 atom stereocenters. The Morgan fingerprint density at radius 1 is 1.00 bits per heavy atom. The second-order valence-corrected chi connectivity index (χ2v) is 10.6. The number of carboxylic acid groups (broad SMARTS) is 1. The Bertz CT molecular complexity index is 1370. The average molecular weight is 564 g/mol. The molecule has 0 aliphatic heterocycles. The first-order valence-electron chi connectivity index (χ1n) is 13.7. The van der Waals surface area contributed by atoms with Crippen molar-refractivity contribution in [3.8, 4) is 11.5 Å². The van der Waals surface area contributed by atoms with Gasteiger partial charge < -0.3 is 29.0 Å². The van der Waals surface area contributed by atoms with Crippen LogP contribution in [0.5, 0.6) is 11.5 Å². The van der Waals surface area contributed by atoms with Crippen molar-refractivity contribution in [3.05, 3.63) is 82.2 Å². The monoisotopic (exact) mass is 563 g/mol. The van der Waals surface area contributed by atoms with Crippen LogP contribution in [0.3, 0.4) is 0 Å². The number of hydrogen-bond acceptors (Lipinski definition) is 7. The maximum atomic E-state index is 12.5. The van der Waals surface area contributed by atoms with Gasteiger partial charge in [0.05, 0.1) is 33.0 Å². The quantitative estimate of drug-likeness (QED) is 0.227. The second kappa shape index (κ2) is 13.0. The van der Waals surface area contributed by atoms with Crippen LogP contribution >= 0.6 is 0 Å². The van der Waals surface area contributed by atoms with Crippen LogP contribution in [-0.2, 0) is 35.3 Å². The summed E-state index contributed by atoms with van der Waals surface area (Å²) in [4.78, 5) is 36.0. The lowest BCUT2D eigenvalue weighted by atomic mass is 9.85. The number of Topliss-reactive ketones (excluding diaryl/α,β-unsaturated/α-hetero) is 1. The summed E-state index contributed by atoms with van der Waals surface area (Å²) in [6.45, 7) is 1.80. The summed E-state index contributed by atoms with van der Waals surface area (Å²) in [6, 6.07) is 11.7. The van der Waals surface area contributed by atoms with E-state index in [4.69, 9.17) is 14.2 Å². The molecule has 3 aromatic rings. The number of ether oxygens (including phenoxy) is 3. The number of fused-ring (bicyclic) bond motifs is 1. The Balaban J connectivity index is 1.69. The molecule has 9 heteroatoms. The van der Waals surface area contributed by atoms with Gasteiger partial charge in [-0.1, -0.05) is 24.3 Å². The lowest BCUT2D eigenvalue weighted by Gasteiger charge is -2.27. The van der Waals surface area contributed by atoms with Crippen molar-refractivity contribution in [2.75, 3.05) is 21.3 Å². The molecule has 2 N–H and O–H groups in total. The van der Waals surface area contributed by atoms with Gasteiger partial charge in [-0.15, -0.1) is 0 Å². The fourth-order valence-corrected chi connectivity index (χ4v) is 5.94. The van der Waals surface area contributed by atoms with Crippen molar-refractivity contribution in [1.29, 1.82) is 0 Å². The van der Waals surface area contributed by atoms with Crippen LogP contribution in [0.25, 0.3) is 0 Å². The van der Waals surface area contributed by atoms with Crippen LogP contribution in [-0.4, -0.2) is 53.8 Å². The molecule has 0 saturated carbocycles. The molecule has 9 nitrogen and oxygen atoms in total. The number of aliphatic hydroxyl groups excluding tert-OH is 1. The molecule has 2 aromatic carbocycles. The number of aliphatic hydroxyl groups is 1. The zero-order chi connectivity index (χ0) is 29.7. The highest BCUT2D eigenvalue weighted by Crippen LogP contribution is 2.39. The summed E-state index contributed by atoms with van der Waals surface area (Å²) in [5, 5.41) is 21.0. The minimum absolute atomic E-state index is 0.123. The maximum absolute atomic E-state index is 12.5. The number of carbonyl (C=O) groups excluding carboxylic acids is 2. The number of aliphatic carboxylic acids is 1. The molecule has 1 heterocycles. The highest BCUT2D eigenvalue weighted by atomic mass is 16.5. The molecular weight excluding hydrogens is 526 g/mol. The SMILES string of the molecule is COC(=O)c1cn(C[C@H](CC2Cc3ccccc3C2)[C@H](O)c2cc(OC)c(C(C)=O)c(OC)c2)cc1CCC(=O)O. The molecular formula is C32H37NO8. The number of methoxy groups -OCH3 is 3. The molecule has 0 unspecified atom stereocenters. The van der Waals surface area contributed by atoms with E-state index in [0.29, 0.717) is 52.6 Å². The standard InChI is InChI=1S/C32H37NO8/c1-19(34)30-27(39-2)14-24(15-28(30)40-3)31(37)25(13-20-11-21-7-5-6-8-22(21)12-20)17-33-16-23(9-10-29(35)36)26(18-33)32(38)41-4/h5-8,14-16,18,20,25,31,37H,9-13,17H2,1-4H3,(H,35,36)/t25-,31+/m0/s1. The number of aromatic nitrogens is 1. The Labute approximate surface area is 239 Å². The number of carbonyl (C=O) groups is 3. The van der Waals surface area contributed by atoms with E-state index < -0.39 is 18.0 Å². The summed E-state index contributed by atoms with van der Waals surface area (Å²) >= 11 is 0. The van der Waals surface area contributed by atoms with Gasteiger partial charge in [0.2, 0.25) is 0 Å². The molecule has 0 bridgehead atoms. The van der Waals surface area contributed by atoms with Crippen LogP contribution in [0.15, 0.2) is 48.8 Å². The lowest BCUT2D eigenvalue weighted by molar-refractivity contribution is -0.136. The Hall–Kier alpha value is -4.11. The van der Waals surface area contributed by atoms with Gasteiger partial charge in [-0.3, -0.25) is 9.59 Å². The van der Waals surface area contributed by atoms with E-state index in [1.807, 2.05) is 16.7 Å². The van der Waals surface area contributed by atoms with E-state index in [2.05, 4.69) is 12.1 Å². The molecule has 0 radical (unpaired) electrons. The number of carboxylic acids is 1. The van der Waals surface area contributed by atoms with Crippen LogP contribution in [0.2, 0.25) is 0 Å². The summed E-state index contributed by atoms with van der Waals surface area (Å²) in [5.41, 5.74) is 4.37. The van der Waals surface area contributed by atoms with E-state index in [1.165, 1.54) is 39.4 Å². The number of esters is 1. The largest absolute Gasteiger partial charge is 0.496 e. The minimum Gasteiger partial charge on any atom is -0.496 e. The van der Waals surface area contributed by atoms with Gasteiger partial charge in [-0.2, -0.15) is 0 Å². The zero-order valence-electron chi connectivity index (χ0n) is 23.9. The van der Waals surface area contributed by atoms with Crippen molar-refractivity contribution in [1.82, 2.24) is 4.57 Å². The maximum Gasteiger partial charge on any atom is 0.339 e. The van der Waals surface area contributed by atoms with Gasteiger partial charge in [0, 0.05) is 31.3 Å². The number of rotatable bonds is 13. The number of benzene rings is 2. The van der Waals surface area contributed by atoms with Crippen molar-refractivity contribution < 1.29 is 38.8 Å². The van der Waals surface area contributed by atoms with Gasteiger partial charge in [0.15, 0.2) is 5.78 Å². The molecule has 0 amide bonds. The first kappa shape index (κ1) is 29.9. The highest BCUT2D eigenvalue weighted by Gasteiger charge is 2.31. The number of nitrogens with zero attached hydrogens (tertiary/aromatic N) is 1. The predicted octanol–water partition coefficient (Wildman–Crippen LogP) is 4.67. The van der Waals surface area contributed by atoms with E-state index in [9.17, 15) is 24.6 Å². The third-order valence-corrected chi connectivity index (χ3v) is 7.86. The number of aryl methyl sites for hydroxylation is 1. The molecule has 0 fully saturated rings. The number of hydrogen-bond donors (Lipinski definition) is 2. The third-order valence-electron chi connectivity index (χ3n) is 7.86. The molecule has 1 aliphatic rings. The van der Waals surface area contributed by atoms with Gasteiger partial charge in [0.1, 0.15) is 17.1 Å². The Morgan fingerprint density at radius 3 is 2.12 bits per heavy atom. The van der Waals surface area contributed by atoms with Crippen LogP contribution in [0, 0.1) is 11.8 Å². The summed E-state index contributed by atoms with van der Waals surface area (Å²) < 4.78 is 17.8. The number of ketones is 1. The fourth-order valence-electron chi connectivity index (χ4n) is 5.94. The third kappa shape index (κ3) is 6.79. The van der Waals surface area contributed by atoms with Crippen molar-refractivity contribution in [2.24, 2.45) is 11.8 Å². The summed E-state index contributed by atoms with van der Waals surface area (Å²) in [7, 11) is 4.23. The molecule has 1 aliphatic carbocycles. The molecule has 0 spiro atoms. The van der Waals surface area contributed by atoms with Gasteiger partial charge in [-0.05, 0) is 72.9 Å². The smallest absolute Gasteiger partial charge is 0.339 e. The van der Waals surface area contributed by atoms with Gasteiger partial charge in [0.25, 0.3) is 0 Å². The normalized spacial score (nSPS) is 14.3. The highest BCUT2D eigenvalue weighted by molar-refractivity contribution is 5.99. The van der Waals surface area contributed by atoms with E-state index >= 15 is 0 Å². The Morgan fingerprint density at radius 2 is 1.61 bits per heavy atom. The average Bonchev–Trinajstić information content (AvgIpc) is 3.57. The molecule has 41 heavy (non-hydrogen) atoms. The zero-order valence-corrected chi connectivity index (χ0v) is 23.9. The van der Waals surface area contributed by atoms with Crippen LogP contribution in [0.1, 0.15) is 68.8 Å². The molecule has 218 valence electrons. The van der Waals surface area contributed by atoms with E-state index in [0.717, 1.165) is 12.8 Å². The van der Waals surface area contributed by atoms with Crippen molar-refractivity contribution >= 4 is 17.7 Å². The van der Waals surface area contributed by atoms with Crippen LogP contribution < -0.4 is 9.47 Å². The lowest BCUT2D eigenvalue weighted by Crippen LogP contribution is -2.22. The van der Waals surface area contributed by atoms with Crippen LogP contribution in [0.4, 0.5) is 0 Å². The first-order valence-corrected chi connectivity index (χ1v) is 13.7. The van der Waals surface area contributed by atoms with Gasteiger partial charge >= 0.3 is 11.9 Å². The summed E-state index contributed by atoms with van der Waals surface area (Å²) in [6.07, 6.45) is 5.02. The topological polar surface area (TPSA) is 124 Å². The molecule has 1 aromatic heterocycles. The molecule has 0 saturated heterocycles. The fraction of sp³-hybridized carbons (Fsp3) is 0.406. The Kier molecular flexibility index (Phi) is 9.50. The predicted molar refractivity (Wildman–Crippen MR) is 152 cm³/mol. The summed E-state index contributed by atoms with van der Waals surface area (Å²) in [5.74, 6) is -1.06. The molecule has 4 rings (SSSR count). The minimum atomic E-state index is -0.959.